The van der Waals surface area contributed by atoms with Crippen molar-refractivity contribution in [3.63, 3.8) is 0 Å². The monoisotopic (exact) mass is 353 g/mol. The summed E-state index contributed by atoms with van der Waals surface area (Å²) >= 11 is 0. The molecule has 0 N–H and O–H groups in total. The fourth-order valence-electron chi connectivity index (χ4n) is 2.95. The molecule has 3 rings (SSSR count). The van der Waals surface area contributed by atoms with Crippen LogP contribution in [-0.2, 0) is 14.2 Å². The minimum absolute atomic E-state index is 0.129. The summed E-state index contributed by atoms with van der Waals surface area (Å²) in [6, 6.07) is 17.4. The van der Waals surface area contributed by atoms with Crippen LogP contribution in [0.25, 0.3) is 0 Å². The molecule has 0 spiro atoms. The van der Waals surface area contributed by atoms with Gasteiger partial charge in [-0.05, 0) is 38.1 Å². The molecule has 0 saturated carbocycles. The molecular formula is C21H21O5. The SMILES string of the molecule is C[C]1O[C@H](C)C[C@H](OC(=O)c2ccccc2)[C@H]1OC(=O)c1ccccc1. The highest BCUT2D eigenvalue weighted by molar-refractivity contribution is 5.90. The zero-order valence-electron chi connectivity index (χ0n) is 14.8. The lowest BCUT2D eigenvalue weighted by atomic mass is 9.98. The second kappa shape index (κ2) is 8.15. The quantitative estimate of drug-likeness (QED) is 0.783. The molecule has 1 radical (unpaired) electrons. The summed E-state index contributed by atoms with van der Waals surface area (Å²) in [6.07, 6.45) is -0.498. The van der Waals surface area contributed by atoms with Crippen molar-refractivity contribution < 1.29 is 23.8 Å². The number of hydrogen-bond acceptors (Lipinski definition) is 5. The van der Waals surface area contributed by atoms with E-state index in [2.05, 4.69) is 0 Å². The molecule has 1 aliphatic rings. The smallest absolute Gasteiger partial charge is 0.338 e. The van der Waals surface area contributed by atoms with Crippen LogP contribution in [0.15, 0.2) is 60.7 Å². The molecule has 1 saturated heterocycles. The van der Waals surface area contributed by atoms with E-state index in [4.69, 9.17) is 14.2 Å². The molecule has 5 heteroatoms. The van der Waals surface area contributed by atoms with Crippen molar-refractivity contribution in [3.8, 4) is 0 Å². The number of benzene rings is 2. The summed E-state index contributed by atoms with van der Waals surface area (Å²) in [5.74, 6) is -0.924. The fourth-order valence-corrected chi connectivity index (χ4v) is 2.95. The van der Waals surface area contributed by atoms with Crippen LogP contribution in [0, 0.1) is 6.10 Å². The van der Waals surface area contributed by atoms with Gasteiger partial charge in [0.2, 0.25) is 0 Å². The Bertz CT molecular complexity index is 744. The van der Waals surface area contributed by atoms with Crippen LogP contribution in [0.4, 0.5) is 0 Å². The van der Waals surface area contributed by atoms with Crippen LogP contribution in [-0.4, -0.2) is 30.3 Å². The van der Waals surface area contributed by atoms with Gasteiger partial charge in [0.25, 0.3) is 0 Å². The van der Waals surface area contributed by atoms with E-state index in [0.717, 1.165) is 0 Å². The van der Waals surface area contributed by atoms with E-state index in [0.29, 0.717) is 23.7 Å². The maximum absolute atomic E-state index is 12.4. The van der Waals surface area contributed by atoms with E-state index in [-0.39, 0.29) is 6.10 Å². The Labute approximate surface area is 152 Å². The number of rotatable bonds is 4. The first kappa shape index (κ1) is 18.1. The molecule has 2 aromatic rings. The van der Waals surface area contributed by atoms with Gasteiger partial charge >= 0.3 is 11.9 Å². The van der Waals surface area contributed by atoms with Crippen LogP contribution in [0.3, 0.4) is 0 Å². The molecule has 0 amide bonds. The van der Waals surface area contributed by atoms with E-state index in [1.807, 2.05) is 19.1 Å². The Kier molecular flexibility index (Phi) is 5.68. The number of carbonyl (C=O) groups is 2. The minimum atomic E-state index is -0.744. The zero-order chi connectivity index (χ0) is 18.5. The van der Waals surface area contributed by atoms with Crippen molar-refractivity contribution >= 4 is 11.9 Å². The molecule has 26 heavy (non-hydrogen) atoms. The molecule has 1 heterocycles. The lowest BCUT2D eigenvalue weighted by Gasteiger charge is -2.37. The van der Waals surface area contributed by atoms with Gasteiger partial charge in [0.15, 0.2) is 6.10 Å². The van der Waals surface area contributed by atoms with E-state index < -0.39 is 24.1 Å². The molecule has 0 unspecified atom stereocenters. The second-order valence-electron chi connectivity index (χ2n) is 6.28. The average molecular weight is 353 g/mol. The van der Waals surface area contributed by atoms with Gasteiger partial charge in [-0.15, -0.1) is 0 Å². The first-order chi connectivity index (χ1) is 12.5. The van der Waals surface area contributed by atoms with Crippen LogP contribution in [0.5, 0.6) is 0 Å². The highest BCUT2D eigenvalue weighted by atomic mass is 16.6. The summed E-state index contributed by atoms with van der Waals surface area (Å²) in [4.78, 5) is 24.8. The summed E-state index contributed by atoms with van der Waals surface area (Å²) in [6.45, 7) is 3.63. The lowest BCUT2D eigenvalue weighted by Crippen LogP contribution is -2.46. The fraction of sp³-hybridized carbons (Fsp3) is 0.286. The van der Waals surface area contributed by atoms with Gasteiger partial charge in [-0.1, -0.05) is 36.4 Å². The minimum Gasteiger partial charge on any atom is -0.455 e. The number of hydrogen-bond donors (Lipinski definition) is 0. The van der Waals surface area contributed by atoms with Crippen LogP contribution < -0.4 is 0 Å². The van der Waals surface area contributed by atoms with Gasteiger partial charge in [-0.2, -0.15) is 0 Å². The lowest BCUT2D eigenvalue weighted by molar-refractivity contribution is -0.117. The van der Waals surface area contributed by atoms with Gasteiger partial charge in [-0.25, -0.2) is 9.59 Å². The standard InChI is InChI=1S/C21H21O5/c1-14-13-18(25-20(22)16-9-5-3-6-10-16)19(15(2)24-14)26-21(23)17-11-7-4-8-12-17/h3-12,14,18-19H,13H2,1-2H3/t14-,18+,19+/m1/s1. The number of carbonyl (C=O) groups excluding carboxylic acids is 2. The Morgan fingerprint density at radius 3 is 1.92 bits per heavy atom. The predicted octanol–water partition coefficient (Wildman–Crippen LogP) is 3.80. The van der Waals surface area contributed by atoms with Crippen molar-refractivity contribution in [2.75, 3.05) is 0 Å². The maximum atomic E-state index is 12.4. The van der Waals surface area contributed by atoms with Crippen molar-refractivity contribution in [2.24, 2.45) is 0 Å². The van der Waals surface area contributed by atoms with E-state index in [9.17, 15) is 9.59 Å². The molecule has 1 fully saturated rings. The van der Waals surface area contributed by atoms with E-state index >= 15 is 0 Å². The summed E-state index contributed by atoms with van der Waals surface area (Å²) in [7, 11) is 0. The third-order valence-electron chi connectivity index (χ3n) is 4.20. The van der Waals surface area contributed by atoms with Gasteiger partial charge in [0.05, 0.1) is 17.2 Å². The molecular weight excluding hydrogens is 332 g/mol. The highest BCUT2D eigenvalue weighted by Crippen LogP contribution is 2.30. The molecule has 0 aliphatic carbocycles. The molecule has 2 aromatic carbocycles. The number of esters is 2. The zero-order valence-corrected chi connectivity index (χ0v) is 14.8. The molecule has 0 aromatic heterocycles. The van der Waals surface area contributed by atoms with Crippen LogP contribution in [0.1, 0.15) is 41.0 Å². The summed E-state index contributed by atoms with van der Waals surface area (Å²) < 4.78 is 17.0. The average Bonchev–Trinajstić information content (AvgIpc) is 2.65. The van der Waals surface area contributed by atoms with Crippen molar-refractivity contribution in [1.82, 2.24) is 0 Å². The maximum Gasteiger partial charge on any atom is 0.338 e. The molecule has 135 valence electrons. The topological polar surface area (TPSA) is 61.8 Å². The van der Waals surface area contributed by atoms with Gasteiger partial charge in [-0.3, -0.25) is 0 Å². The van der Waals surface area contributed by atoms with E-state index in [1.165, 1.54) is 0 Å². The molecule has 3 atom stereocenters. The van der Waals surface area contributed by atoms with Crippen LogP contribution in [0.2, 0.25) is 0 Å². The van der Waals surface area contributed by atoms with Gasteiger partial charge in [0.1, 0.15) is 12.2 Å². The Morgan fingerprint density at radius 2 is 1.38 bits per heavy atom. The third kappa shape index (κ3) is 4.29. The first-order valence-electron chi connectivity index (χ1n) is 8.56. The van der Waals surface area contributed by atoms with Crippen LogP contribution >= 0.6 is 0 Å². The van der Waals surface area contributed by atoms with Gasteiger partial charge < -0.3 is 14.2 Å². The summed E-state index contributed by atoms with van der Waals surface area (Å²) in [5, 5.41) is 0. The highest BCUT2D eigenvalue weighted by Gasteiger charge is 2.41. The number of ether oxygens (including phenoxy) is 3. The molecule has 0 bridgehead atoms. The summed E-state index contributed by atoms with van der Waals surface area (Å²) in [5.41, 5.74) is 0.893. The molecule has 1 aliphatic heterocycles. The Morgan fingerprint density at radius 1 is 0.885 bits per heavy atom. The van der Waals surface area contributed by atoms with E-state index in [1.54, 1.807) is 55.5 Å². The first-order valence-corrected chi connectivity index (χ1v) is 8.56. The van der Waals surface area contributed by atoms with Crippen molar-refractivity contribution in [3.05, 3.63) is 77.9 Å². The predicted molar refractivity (Wildman–Crippen MR) is 95.4 cm³/mol. The normalized spacial score (nSPS) is 23.2. The largest absolute Gasteiger partial charge is 0.455 e. The van der Waals surface area contributed by atoms with Gasteiger partial charge in [0, 0.05) is 6.42 Å². The van der Waals surface area contributed by atoms with Crippen molar-refractivity contribution in [2.45, 2.75) is 38.6 Å². The van der Waals surface area contributed by atoms with Crippen molar-refractivity contribution in [1.29, 1.82) is 0 Å². The Balaban J connectivity index is 1.74. The Hall–Kier alpha value is -2.66. The third-order valence-corrected chi connectivity index (χ3v) is 4.20. The molecule has 5 nitrogen and oxygen atoms in total. The second-order valence-corrected chi connectivity index (χ2v) is 6.28.